The second-order valence-corrected chi connectivity index (χ2v) is 4.84. The van der Waals surface area contributed by atoms with Crippen molar-refractivity contribution in [1.29, 1.82) is 0 Å². The number of nitrogens with one attached hydrogen (secondary N) is 2. The highest BCUT2D eigenvalue weighted by atomic mass is 32.1. The van der Waals surface area contributed by atoms with E-state index in [4.69, 9.17) is 0 Å². The lowest BCUT2D eigenvalue weighted by molar-refractivity contribution is 0.0879. The van der Waals surface area contributed by atoms with Crippen molar-refractivity contribution in [3.8, 4) is 0 Å². The predicted molar refractivity (Wildman–Crippen MR) is 67.7 cm³/mol. The summed E-state index contributed by atoms with van der Waals surface area (Å²) in [6, 6.07) is 5.14. The van der Waals surface area contributed by atoms with E-state index in [1.54, 1.807) is 41.2 Å². The van der Waals surface area contributed by atoms with E-state index in [1.807, 2.05) is 0 Å². The molecule has 0 bridgehead atoms. The minimum absolute atomic E-state index is 0.330. The molecule has 0 saturated heterocycles. The molecule has 0 fully saturated rings. The van der Waals surface area contributed by atoms with Crippen molar-refractivity contribution in [2.45, 2.75) is 6.54 Å². The molecule has 90 valence electrons. The van der Waals surface area contributed by atoms with Crippen molar-refractivity contribution in [2.24, 2.45) is 0 Å². The van der Waals surface area contributed by atoms with Crippen LogP contribution in [0.25, 0.3) is 0 Å². The minimum Gasteiger partial charge on any atom is -0.380 e. The number of carbonyl (C=O) groups is 2. The fourth-order valence-corrected chi connectivity index (χ4v) is 2.33. The van der Waals surface area contributed by atoms with Gasteiger partial charge in [-0.1, -0.05) is 0 Å². The molecule has 6 heteroatoms. The molecule has 0 aliphatic carbocycles. The van der Waals surface area contributed by atoms with Gasteiger partial charge in [0.2, 0.25) is 0 Å². The zero-order chi connectivity index (χ0) is 12.5. The van der Waals surface area contributed by atoms with Crippen molar-refractivity contribution in [2.75, 3.05) is 5.32 Å². The van der Waals surface area contributed by atoms with Gasteiger partial charge in [-0.05, 0) is 18.2 Å². The van der Waals surface area contributed by atoms with Crippen LogP contribution >= 0.6 is 11.3 Å². The van der Waals surface area contributed by atoms with Gasteiger partial charge in [-0.2, -0.15) is 0 Å². The Morgan fingerprint density at radius 2 is 2.06 bits per heavy atom. The number of nitrogens with zero attached hydrogens (tertiary/aromatic N) is 1. The van der Waals surface area contributed by atoms with Crippen LogP contribution in [-0.2, 0) is 6.54 Å². The molecule has 1 aromatic carbocycles. The monoisotopic (exact) mass is 259 g/mol. The van der Waals surface area contributed by atoms with Crippen LogP contribution in [0.5, 0.6) is 0 Å². The molecular weight excluding hydrogens is 250 g/mol. The van der Waals surface area contributed by atoms with Crippen LogP contribution in [0, 0.1) is 0 Å². The summed E-state index contributed by atoms with van der Waals surface area (Å²) in [6.45, 7) is 0.652. The van der Waals surface area contributed by atoms with E-state index in [-0.39, 0.29) is 11.8 Å². The topological polar surface area (TPSA) is 71.1 Å². The molecule has 1 aromatic heterocycles. The molecule has 1 aliphatic rings. The molecule has 0 saturated carbocycles. The Morgan fingerprint density at radius 1 is 1.22 bits per heavy atom. The quantitative estimate of drug-likeness (QED) is 0.822. The van der Waals surface area contributed by atoms with E-state index in [0.29, 0.717) is 17.7 Å². The van der Waals surface area contributed by atoms with Gasteiger partial charge in [-0.3, -0.25) is 19.9 Å². The highest BCUT2D eigenvalue weighted by Crippen LogP contribution is 2.21. The largest absolute Gasteiger partial charge is 0.380 e. The number of rotatable bonds is 3. The lowest BCUT2D eigenvalue weighted by atomic mass is 10.1. The summed E-state index contributed by atoms with van der Waals surface area (Å²) in [5.41, 5.74) is 3.44. The van der Waals surface area contributed by atoms with Crippen molar-refractivity contribution in [3.05, 3.63) is 45.9 Å². The summed E-state index contributed by atoms with van der Waals surface area (Å²) in [4.78, 5) is 28.0. The summed E-state index contributed by atoms with van der Waals surface area (Å²) < 4.78 is 0. The zero-order valence-corrected chi connectivity index (χ0v) is 10.1. The normalized spacial score (nSPS) is 13.3. The molecule has 2 amide bonds. The third-order valence-corrected chi connectivity index (χ3v) is 3.47. The van der Waals surface area contributed by atoms with Gasteiger partial charge in [0.1, 0.15) is 0 Å². The Balaban J connectivity index is 1.81. The first-order valence-corrected chi connectivity index (χ1v) is 6.23. The van der Waals surface area contributed by atoms with Gasteiger partial charge in [-0.15, -0.1) is 11.3 Å². The Kier molecular flexibility index (Phi) is 2.56. The van der Waals surface area contributed by atoms with Gasteiger partial charge in [-0.25, -0.2) is 0 Å². The zero-order valence-electron chi connectivity index (χ0n) is 9.27. The van der Waals surface area contributed by atoms with E-state index in [1.165, 1.54) is 0 Å². The summed E-state index contributed by atoms with van der Waals surface area (Å²) >= 11 is 1.56. The van der Waals surface area contributed by atoms with Crippen molar-refractivity contribution in [1.82, 2.24) is 10.3 Å². The number of hydrogen-bond donors (Lipinski definition) is 2. The fraction of sp³-hybridized carbons (Fsp3) is 0.0833. The number of benzene rings is 1. The number of hydrogen-bond acceptors (Lipinski definition) is 5. The van der Waals surface area contributed by atoms with E-state index in [9.17, 15) is 9.59 Å². The summed E-state index contributed by atoms with van der Waals surface area (Å²) in [6.07, 6.45) is 1.79. The van der Waals surface area contributed by atoms with Crippen LogP contribution in [0.4, 0.5) is 5.69 Å². The highest BCUT2D eigenvalue weighted by molar-refractivity contribution is 7.09. The van der Waals surface area contributed by atoms with Gasteiger partial charge in [0.25, 0.3) is 11.8 Å². The predicted octanol–water partition coefficient (Wildman–Crippen LogP) is 1.64. The Morgan fingerprint density at radius 3 is 2.83 bits per heavy atom. The summed E-state index contributed by atoms with van der Waals surface area (Å²) in [5.74, 6) is -0.666. The average Bonchev–Trinajstić information content (AvgIpc) is 2.97. The Hall–Kier alpha value is -2.21. The second-order valence-electron chi connectivity index (χ2n) is 3.86. The number of amides is 2. The molecule has 0 unspecified atom stereocenters. The lowest BCUT2D eigenvalue weighted by Gasteiger charge is -2.05. The molecule has 0 spiro atoms. The first-order valence-electron chi connectivity index (χ1n) is 5.35. The van der Waals surface area contributed by atoms with Crippen molar-refractivity contribution < 1.29 is 9.59 Å². The van der Waals surface area contributed by atoms with Crippen molar-refractivity contribution in [3.63, 3.8) is 0 Å². The number of carbonyl (C=O) groups excluding carboxylic acids is 2. The molecule has 3 rings (SSSR count). The Bertz CT molecular complexity index is 622. The molecule has 1 aliphatic heterocycles. The number of fused-ring (bicyclic) bond motifs is 1. The lowest BCUT2D eigenvalue weighted by Crippen LogP contribution is -2.19. The van der Waals surface area contributed by atoms with Crippen LogP contribution in [0.3, 0.4) is 0 Å². The third kappa shape index (κ3) is 1.86. The van der Waals surface area contributed by atoms with E-state index >= 15 is 0 Å². The van der Waals surface area contributed by atoms with Gasteiger partial charge in [0, 0.05) is 16.8 Å². The van der Waals surface area contributed by atoms with E-state index < -0.39 is 0 Å². The maximum Gasteiger partial charge on any atom is 0.259 e. The van der Waals surface area contributed by atoms with E-state index in [2.05, 4.69) is 15.6 Å². The van der Waals surface area contributed by atoms with Crippen LogP contribution < -0.4 is 10.6 Å². The second kappa shape index (κ2) is 4.23. The van der Waals surface area contributed by atoms with E-state index in [0.717, 1.165) is 10.6 Å². The van der Waals surface area contributed by atoms with Crippen LogP contribution in [0.2, 0.25) is 0 Å². The molecule has 18 heavy (non-hydrogen) atoms. The van der Waals surface area contributed by atoms with Crippen LogP contribution in [0.1, 0.15) is 25.6 Å². The van der Waals surface area contributed by atoms with Crippen molar-refractivity contribution >= 4 is 28.8 Å². The standard InChI is InChI=1S/C12H9N3O2S/c16-11-9-2-1-7(3-10(9)12(17)15-11)14-5-8-4-13-6-18-8/h1-4,6,14H,5H2,(H,15,16,17). The van der Waals surface area contributed by atoms with Gasteiger partial charge in [0.15, 0.2) is 0 Å². The van der Waals surface area contributed by atoms with Crippen LogP contribution in [0.15, 0.2) is 29.9 Å². The fourth-order valence-electron chi connectivity index (χ4n) is 1.80. The molecule has 2 aromatic rings. The smallest absolute Gasteiger partial charge is 0.259 e. The maximum atomic E-state index is 11.5. The molecule has 0 radical (unpaired) electrons. The molecule has 2 heterocycles. The summed E-state index contributed by atoms with van der Waals surface area (Å²) in [7, 11) is 0. The van der Waals surface area contributed by atoms with Gasteiger partial charge in [0.05, 0.1) is 23.2 Å². The maximum absolute atomic E-state index is 11.5. The molecule has 5 nitrogen and oxygen atoms in total. The molecule has 2 N–H and O–H groups in total. The third-order valence-electron chi connectivity index (χ3n) is 2.69. The van der Waals surface area contributed by atoms with Gasteiger partial charge >= 0.3 is 0 Å². The minimum atomic E-state index is -0.337. The summed E-state index contributed by atoms with van der Waals surface area (Å²) in [5, 5.41) is 5.46. The Labute approximate surface area is 107 Å². The number of thiazole rings is 1. The highest BCUT2D eigenvalue weighted by Gasteiger charge is 2.26. The molecule has 0 atom stereocenters. The number of imide groups is 1. The number of aromatic nitrogens is 1. The average molecular weight is 259 g/mol. The van der Waals surface area contributed by atoms with Crippen LogP contribution in [-0.4, -0.2) is 16.8 Å². The first-order chi connectivity index (χ1) is 8.74. The number of anilines is 1. The SMILES string of the molecule is O=C1NC(=O)c2cc(NCc3cncs3)ccc21. The van der Waals surface area contributed by atoms with Gasteiger partial charge < -0.3 is 5.32 Å². The first kappa shape index (κ1) is 10.9. The molecular formula is C12H9N3O2S.